The molecule has 3 N–H and O–H groups in total. The predicted octanol–water partition coefficient (Wildman–Crippen LogP) is 3.30. The van der Waals surface area contributed by atoms with Gasteiger partial charge in [0.15, 0.2) is 0 Å². The van der Waals surface area contributed by atoms with Crippen molar-refractivity contribution in [2.24, 2.45) is 0 Å². The molecule has 126 valence electrons. The lowest BCUT2D eigenvalue weighted by atomic mass is 9.97. The lowest BCUT2D eigenvalue weighted by Crippen LogP contribution is -2.35. The highest BCUT2D eigenvalue weighted by molar-refractivity contribution is 5.95. The van der Waals surface area contributed by atoms with E-state index in [9.17, 15) is 9.59 Å². The first-order valence-corrected chi connectivity index (χ1v) is 8.44. The quantitative estimate of drug-likeness (QED) is 0.685. The molecular weight excluding hydrogens is 314 g/mol. The molecule has 3 aromatic rings. The Hall–Kier alpha value is -3.08. The van der Waals surface area contributed by atoms with Gasteiger partial charge < -0.3 is 15.6 Å². The molecule has 1 atom stereocenters. The summed E-state index contributed by atoms with van der Waals surface area (Å²) in [5.41, 5.74) is 3.95. The Morgan fingerprint density at radius 2 is 1.92 bits per heavy atom. The Kier molecular flexibility index (Phi) is 3.98. The lowest BCUT2D eigenvalue weighted by molar-refractivity contribution is -0.122. The first-order chi connectivity index (χ1) is 12.2. The highest BCUT2D eigenvalue weighted by Gasteiger charge is 2.25. The van der Waals surface area contributed by atoms with Crippen molar-refractivity contribution in [3.05, 3.63) is 65.9 Å². The Bertz CT molecular complexity index is 945. The van der Waals surface area contributed by atoms with Crippen molar-refractivity contribution in [1.82, 2.24) is 10.3 Å². The number of aromatic amines is 1. The minimum absolute atomic E-state index is 0.0419. The summed E-state index contributed by atoms with van der Waals surface area (Å²) in [5.74, 6) is -0.111. The molecule has 1 aliphatic heterocycles. The van der Waals surface area contributed by atoms with Gasteiger partial charge in [-0.15, -0.1) is 0 Å². The molecule has 1 aliphatic rings. The van der Waals surface area contributed by atoms with Gasteiger partial charge in [0.1, 0.15) is 0 Å². The summed E-state index contributed by atoms with van der Waals surface area (Å²) in [6.07, 6.45) is 3.29. The molecule has 0 unspecified atom stereocenters. The molecule has 25 heavy (non-hydrogen) atoms. The number of aryl methyl sites for hydroxylation is 1. The van der Waals surface area contributed by atoms with Gasteiger partial charge >= 0.3 is 0 Å². The van der Waals surface area contributed by atoms with E-state index in [4.69, 9.17) is 0 Å². The summed E-state index contributed by atoms with van der Waals surface area (Å²) >= 11 is 0. The van der Waals surface area contributed by atoms with E-state index < -0.39 is 0 Å². The topological polar surface area (TPSA) is 74.0 Å². The van der Waals surface area contributed by atoms with Gasteiger partial charge in [0.05, 0.1) is 12.5 Å². The number of fused-ring (bicyclic) bond motifs is 2. The van der Waals surface area contributed by atoms with Gasteiger partial charge in [0, 0.05) is 29.2 Å². The molecule has 2 heterocycles. The number of hydrogen-bond acceptors (Lipinski definition) is 2. The summed E-state index contributed by atoms with van der Waals surface area (Å²) in [7, 11) is 0. The van der Waals surface area contributed by atoms with Crippen LogP contribution in [0.1, 0.15) is 30.0 Å². The number of hydrogen-bond donors (Lipinski definition) is 3. The highest BCUT2D eigenvalue weighted by atomic mass is 16.2. The second-order valence-electron chi connectivity index (χ2n) is 6.32. The van der Waals surface area contributed by atoms with Crippen molar-refractivity contribution < 1.29 is 9.59 Å². The second kappa shape index (κ2) is 6.43. The van der Waals surface area contributed by atoms with Gasteiger partial charge in [0.25, 0.3) is 0 Å². The number of aromatic nitrogens is 1. The molecule has 5 nitrogen and oxygen atoms in total. The summed E-state index contributed by atoms with van der Waals surface area (Å²) < 4.78 is 0. The smallest absolute Gasteiger partial charge is 0.226 e. The third kappa shape index (κ3) is 3.13. The molecule has 2 amide bonds. The number of carbonyl (C=O) groups is 2. The van der Waals surface area contributed by atoms with Gasteiger partial charge in [-0.2, -0.15) is 0 Å². The predicted molar refractivity (Wildman–Crippen MR) is 97.2 cm³/mol. The van der Waals surface area contributed by atoms with Crippen LogP contribution in [0.4, 0.5) is 5.69 Å². The highest BCUT2D eigenvalue weighted by Crippen LogP contribution is 2.30. The average molecular weight is 333 g/mol. The zero-order valence-electron chi connectivity index (χ0n) is 13.7. The number of H-pyrrole nitrogens is 1. The van der Waals surface area contributed by atoms with Crippen LogP contribution >= 0.6 is 0 Å². The number of carbonyl (C=O) groups excluding carboxylic acids is 2. The minimum Gasteiger partial charge on any atom is -0.361 e. The van der Waals surface area contributed by atoms with E-state index in [0.29, 0.717) is 12.8 Å². The molecule has 0 spiro atoms. The van der Waals surface area contributed by atoms with Crippen molar-refractivity contribution in [2.45, 2.75) is 25.3 Å². The van der Waals surface area contributed by atoms with Crippen LogP contribution in [0.2, 0.25) is 0 Å². The van der Waals surface area contributed by atoms with E-state index >= 15 is 0 Å². The Labute approximate surface area is 145 Å². The van der Waals surface area contributed by atoms with Crippen LogP contribution in [0.5, 0.6) is 0 Å². The maximum atomic E-state index is 12.4. The summed E-state index contributed by atoms with van der Waals surface area (Å²) in [4.78, 5) is 27.5. The molecule has 4 rings (SSSR count). The van der Waals surface area contributed by atoms with E-state index in [1.165, 1.54) is 0 Å². The third-order valence-electron chi connectivity index (χ3n) is 4.63. The van der Waals surface area contributed by atoms with E-state index in [2.05, 4.69) is 21.7 Å². The van der Waals surface area contributed by atoms with Gasteiger partial charge in [-0.3, -0.25) is 9.59 Å². The van der Waals surface area contributed by atoms with Crippen LogP contribution in [-0.2, 0) is 16.0 Å². The average Bonchev–Trinajstić information content (AvgIpc) is 3.03. The molecule has 5 heteroatoms. The van der Waals surface area contributed by atoms with Gasteiger partial charge in [0.2, 0.25) is 11.8 Å². The Morgan fingerprint density at radius 3 is 2.84 bits per heavy atom. The fourth-order valence-electron chi connectivity index (χ4n) is 3.39. The molecule has 1 aromatic heterocycles. The SMILES string of the molecule is O=C1C[C@@H](NC(=O)CCc2c[nH]c3ccccc23)c2ccccc2N1. The first kappa shape index (κ1) is 15.4. The zero-order valence-corrected chi connectivity index (χ0v) is 13.7. The van der Waals surface area contributed by atoms with Crippen molar-refractivity contribution in [1.29, 1.82) is 0 Å². The third-order valence-corrected chi connectivity index (χ3v) is 4.63. The molecular formula is C20H19N3O2. The second-order valence-corrected chi connectivity index (χ2v) is 6.32. The molecule has 0 fully saturated rings. The van der Waals surface area contributed by atoms with Gasteiger partial charge in [-0.05, 0) is 29.7 Å². The van der Waals surface area contributed by atoms with Gasteiger partial charge in [-0.25, -0.2) is 0 Å². The number of anilines is 1. The maximum absolute atomic E-state index is 12.4. The number of benzene rings is 2. The summed E-state index contributed by atoms with van der Waals surface area (Å²) in [6.45, 7) is 0. The Balaban J connectivity index is 1.43. The molecule has 0 saturated heterocycles. The van der Waals surface area contributed by atoms with Crippen LogP contribution in [0, 0.1) is 0 Å². The van der Waals surface area contributed by atoms with Crippen molar-refractivity contribution in [2.75, 3.05) is 5.32 Å². The van der Waals surface area contributed by atoms with Gasteiger partial charge in [-0.1, -0.05) is 36.4 Å². The monoisotopic (exact) mass is 333 g/mol. The Morgan fingerprint density at radius 1 is 1.12 bits per heavy atom. The standard InChI is InChI=1S/C20H19N3O2/c24-19(10-9-13-12-21-16-7-3-1-5-14(13)16)23-18-11-20(25)22-17-8-4-2-6-15(17)18/h1-8,12,18,21H,9-11H2,(H,22,25)(H,23,24)/t18-/m1/s1. The molecule has 0 radical (unpaired) electrons. The summed E-state index contributed by atoms with van der Waals surface area (Å²) in [5, 5.41) is 7.00. The zero-order chi connectivity index (χ0) is 17.2. The normalized spacial score (nSPS) is 16.3. The number of nitrogens with one attached hydrogen (secondary N) is 3. The molecule has 0 bridgehead atoms. The minimum atomic E-state index is -0.264. The van der Waals surface area contributed by atoms with Crippen LogP contribution in [-0.4, -0.2) is 16.8 Å². The first-order valence-electron chi connectivity index (χ1n) is 8.44. The van der Waals surface area contributed by atoms with Crippen molar-refractivity contribution in [3.8, 4) is 0 Å². The maximum Gasteiger partial charge on any atom is 0.226 e. The summed E-state index contributed by atoms with van der Waals surface area (Å²) in [6, 6.07) is 15.4. The fraction of sp³-hybridized carbons (Fsp3) is 0.200. The van der Waals surface area contributed by atoms with E-state index in [1.807, 2.05) is 48.7 Å². The molecule has 2 aromatic carbocycles. The van der Waals surface area contributed by atoms with E-state index in [-0.39, 0.29) is 24.3 Å². The van der Waals surface area contributed by atoms with Crippen molar-refractivity contribution in [3.63, 3.8) is 0 Å². The van der Waals surface area contributed by atoms with Crippen LogP contribution in [0.3, 0.4) is 0 Å². The van der Waals surface area contributed by atoms with Crippen LogP contribution in [0.25, 0.3) is 10.9 Å². The largest absolute Gasteiger partial charge is 0.361 e. The number of para-hydroxylation sites is 2. The lowest BCUT2D eigenvalue weighted by Gasteiger charge is -2.26. The van der Waals surface area contributed by atoms with Crippen LogP contribution < -0.4 is 10.6 Å². The molecule has 0 saturated carbocycles. The number of rotatable bonds is 4. The van der Waals surface area contributed by atoms with E-state index in [1.54, 1.807) is 0 Å². The van der Waals surface area contributed by atoms with E-state index in [0.717, 1.165) is 27.7 Å². The number of amides is 2. The van der Waals surface area contributed by atoms with Crippen LogP contribution in [0.15, 0.2) is 54.7 Å². The molecule has 0 aliphatic carbocycles. The van der Waals surface area contributed by atoms with Crippen molar-refractivity contribution >= 4 is 28.4 Å². The fourth-order valence-corrected chi connectivity index (χ4v) is 3.39.